The zero-order valence-electron chi connectivity index (χ0n) is 10.3. The van der Waals surface area contributed by atoms with Crippen LogP contribution in [0.1, 0.15) is 53.5 Å². The van der Waals surface area contributed by atoms with Crippen molar-refractivity contribution in [2.45, 2.75) is 39.0 Å². The molecule has 0 aliphatic heterocycles. The Labute approximate surface area is 98.7 Å². The molecule has 0 heterocycles. The van der Waals surface area contributed by atoms with Gasteiger partial charge in [0.15, 0.2) is 0 Å². The molecule has 1 atom stereocenters. The zero-order chi connectivity index (χ0) is 11.7. The summed E-state index contributed by atoms with van der Waals surface area (Å²) < 4.78 is 0. The highest BCUT2D eigenvalue weighted by Crippen LogP contribution is 2.36. The maximum atomic E-state index is 3.97. The lowest BCUT2D eigenvalue weighted by Crippen LogP contribution is -2.10. The fraction of sp³-hybridized carbons (Fsp3) is 0.375. The van der Waals surface area contributed by atoms with Crippen molar-refractivity contribution < 1.29 is 0 Å². The molecule has 0 spiro atoms. The molecule has 0 aromatic heterocycles. The van der Waals surface area contributed by atoms with Gasteiger partial charge in [-0.2, -0.15) is 0 Å². The van der Waals surface area contributed by atoms with E-state index in [0.717, 1.165) is 0 Å². The first-order chi connectivity index (χ1) is 7.69. The number of fused-ring (bicyclic) bond motifs is 1. The van der Waals surface area contributed by atoms with Gasteiger partial charge in [0.1, 0.15) is 0 Å². The van der Waals surface area contributed by atoms with Gasteiger partial charge in [0.05, 0.1) is 0 Å². The molecule has 0 nitrogen and oxygen atoms in total. The lowest BCUT2D eigenvalue weighted by Gasteiger charge is -2.26. The van der Waals surface area contributed by atoms with Crippen molar-refractivity contribution in [3.05, 3.63) is 47.0 Å². The van der Waals surface area contributed by atoms with Gasteiger partial charge < -0.3 is 0 Å². The first-order valence-corrected chi connectivity index (χ1v) is 6.10. The first-order valence-electron chi connectivity index (χ1n) is 6.10. The lowest BCUT2D eigenvalue weighted by atomic mass is 9.79. The van der Waals surface area contributed by atoms with Crippen LogP contribution in [0, 0.1) is 6.92 Å². The van der Waals surface area contributed by atoms with Crippen molar-refractivity contribution in [1.29, 1.82) is 0 Å². The minimum Gasteiger partial charge on any atom is -0.0984 e. The van der Waals surface area contributed by atoms with Gasteiger partial charge in [-0.05, 0) is 59.9 Å². The van der Waals surface area contributed by atoms with Crippen LogP contribution in [0.25, 0.3) is 12.2 Å². The normalized spacial score (nSPS) is 19.0. The van der Waals surface area contributed by atoms with E-state index in [1.807, 2.05) is 12.2 Å². The molecule has 1 aromatic carbocycles. The third-order valence-corrected chi connectivity index (χ3v) is 3.76. The summed E-state index contributed by atoms with van der Waals surface area (Å²) >= 11 is 0. The summed E-state index contributed by atoms with van der Waals surface area (Å²) in [6.45, 7) is 12.4. The van der Waals surface area contributed by atoms with E-state index in [2.05, 4.69) is 33.1 Å². The van der Waals surface area contributed by atoms with Gasteiger partial charge in [-0.1, -0.05) is 38.3 Å². The van der Waals surface area contributed by atoms with Gasteiger partial charge in [0, 0.05) is 0 Å². The van der Waals surface area contributed by atoms with E-state index in [1.54, 1.807) is 0 Å². The second-order valence-corrected chi connectivity index (χ2v) is 4.79. The standard InChI is InChI=1S/C16H20/c1-5-13-12(4)10-16-11(3)8-7-9-15(16)14(13)6-2/h5-6,10-11H,1-2,7-9H2,3-4H3. The smallest absolute Gasteiger partial charge is 0.0152 e. The van der Waals surface area contributed by atoms with Crippen molar-refractivity contribution in [3.8, 4) is 0 Å². The van der Waals surface area contributed by atoms with E-state index in [1.165, 1.54) is 47.1 Å². The van der Waals surface area contributed by atoms with Gasteiger partial charge in [-0.25, -0.2) is 0 Å². The maximum absolute atomic E-state index is 3.97. The Morgan fingerprint density at radius 1 is 1.25 bits per heavy atom. The predicted octanol–water partition coefficient (Wildman–Crippen LogP) is 4.72. The van der Waals surface area contributed by atoms with Gasteiger partial charge >= 0.3 is 0 Å². The molecule has 2 rings (SSSR count). The van der Waals surface area contributed by atoms with Crippen LogP contribution in [0.4, 0.5) is 0 Å². The lowest BCUT2D eigenvalue weighted by molar-refractivity contribution is 0.589. The largest absolute Gasteiger partial charge is 0.0984 e. The second-order valence-electron chi connectivity index (χ2n) is 4.79. The summed E-state index contributed by atoms with van der Waals surface area (Å²) in [5.41, 5.74) is 6.95. The molecule has 1 unspecified atom stereocenters. The molecule has 1 aliphatic rings. The Hall–Kier alpha value is -1.30. The predicted molar refractivity (Wildman–Crippen MR) is 72.7 cm³/mol. The zero-order valence-corrected chi connectivity index (χ0v) is 10.3. The summed E-state index contributed by atoms with van der Waals surface area (Å²) in [6, 6.07) is 2.35. The summed E-state index contributed by atoms with van der Waals surface area (Å²) in [6.07, 6.45) is 7.78. The Balaban J connectivity index is 2.72. The molecule has 16 heavy (non-hydrogen) atoms. The minimum absolute atomic E-state index is 0.694. The van der Waals surface area contributed by atoms with Gasteiger partial charge in [0.25, 0.3) is 0 Å². The molecular weight excluding hydrogens is 192 g/mol. The number of hydrogen-bond donors (Lipinski definition) is 0. The summed E-state index contributed by atoms with van der Waals surface area (Å²) in [5, 5.41) is 0. The Morgan fingerprint density at radius 3 is 2.56 bits per heavy atom. The third-order valence-electron chi connectivity index (χ3n) is 3.76. The molecule has 0 heteroatoms. The molecule has 1 aliphatic carbocycles. The van der Waals surface area contributed by atoms with E-state index in [4.69, 9.17) is 0 Å². The van der Waals surface area contributed by atoms with E-state index in [-0.39, 0.29) is 0 Å². The van der Waals surface area contributed by atoms with Crippen molar-refractivity contribution >= 4 is 12.2 Å². The second kappa shape index (κ2) is 4.29. The molecule has 0 saturated heterocycles. The van der Waals surface area contributed by atoms with Crippen LogP contribution < -0.4 is 0 Å². The molecular formula is C16H20. The molecule has 0 N–H and O–H groups in total. The fourth-order valence-electron chi connectivity index (χ4n) is 2.89. The fourth-order valence-corrected chi connectivity index (χ4v) is 2.89. The van der Waals surface area contributed by atoms with Crippen molar-refractivity contribution in [2.24, 2.45) is 0 Å². The number of hydrogen-bond acceptors (Lipinski definition) is 0. The Bertz CT molecular complexity index is 438. The number of benzene rings is 1. The van der Waals surface area contributed by atoms with Crippen LogP contribution in [0.15, 0.2) is 19.2 Å². The first kappa shape index (κ1) is 11.2. The quantitative estimate of drug-likeness (QED) is 0.665. The summed E-state index contributed by atoms with van der Waals surface area (Å²) in [7, 11) is 0. The molecule has 84 valence electrons. The van der Waals surface area contributed by atoms with Crippen molar-refractivity contribution in [2.75, 3.05) is 0 Å². The number of aryl methyl sites for hydroxylation is 1. The highest BCUT2D eigenvalue weighted by atomic mass is 14.2. The topological polar surface area (TPSA) is 0 Å². The Morgan fingerprint density at radius 2 is 1.94 bits per heavy atom. The Kier molecular flexibility index (Phi) is 3.00. The number of rotatable bonds is 2. The molecule has 0 amide bonds. The van der Waals surface area contributed by atoms with Crippen LogP contribution in [-0.4, -0.2) is 0 Å². The molecule has 0 fully saturated rings. The van der Waals surface area contributed by atoms with Crippen LogP contribution in [0.5, 0.6) is 0 Å². The van der Waals surface area contributed by atoms with Crippen LogP contribution in [0.2, 0.25) is 0 Å². The van der Waals surface area contributed by atoms with E-state index in [0.29, 0.717) is 5.92 Å². The van der Waals surface area contributed by atoms with Crippen molar-refractivity contribution in [1.82, 2.24) is 0 Å². The molecule has 0 saturated carbocycles. The van der Waals surface area contributed by atoms with Gasteiger partial charge in [-0.3, -0.25) is 0 Å². The van der Waals surface area contributed by atoms with Crippen LogP contribution in [-0.2, 0) is 6.42 Å². The average molecular weight is 212 g/mol. The highest BCUT2D eigenvalue weighted by molar-refractivity contribution is 5.71. The maximum Gasteiger partial charge on any atom is -0.0152 e. The average Bonchev–Trinajstić information content (AvgIpc) is 2.28. The third kappa shape index (κ3) is 1.63. The summed E-state index contributed by atoms with van der Waals surface area (Å²) in [5.74, 6) is 0.694. The van der Waals surface area contributed by atoms with Gasteiger partial charge in [0.2, 0.25) is 0 Å². The van der Waals surface area contributed by atoms with Gasteiger partial charge in [-0.15, -0.1) is 0 Å². The molecule has 1 aromatic rings. The van der Waals surface area contributed by atoms with E-state index in [9.17, 15) is 0 Å². The SMILES string of the molecule is C=Cc1c(C)cc2c(c1C=C)CCCC2C. The van der Waals surface area contributed by atoms with Crippen LogP contribution >= 0.6 is 0 Å². The highest BCUT2D eigenvalue weighted by Gasteiger charge is 2.20. The molecule has 0 bridgehead atoms. The monoisotopic (exact) mass is 212 g/mol. The van der Waals surface area contributed by atoms with E-state index >= 15 is 0 Å². The van der Waals surface area contributed by atoms with Crippen molar-refractivity contribution in [3.63, 3.8) is 0 Å². The minimum atomic E-state index is 0.694. The van der Waals surface area contributed by atoms with Crippen LogP contribution in [0.3, 0.4) is 0 Å². The summed E-state index contributed by atoms with van der Waals surface area (Å²) in [4.78, 5) is 0. The van der Waals surface area contributed by atoms with E-state index < -0.39 is 0 Å². The molecule has 0 radical (unpaired) electrons.